The summed E-state index contributed by atoms with van der Waals surface area (Å²) in [6.45, 7) is 10.1. The number of halogens is 1. The first-order valence-corrected chi connectivity index (χ1v) is 5.95. The normalized spacial score (nSPS) is 10.4. The molecule has 0 aliphatic rings. The fourth-order valence-corrected chi connectivity index (χ4v) is 1.46. The molecule has 0 saturated heterocycles. The molecule has 0 amide bonds. The van der Waals surface area contributed by atoms with Crippen LogP contribution < -0.4 is 10.6 Å². The molecule has 0 aromatic heterocycles. The Morgan fingerprint density at radius 3 is 2.67 bits per heavy atom. The summed E-state index contributed by atoms with van der Waals surface area (Å²) in [6, 6.07) is 8.30. The van der Waals surface area contributed by atoms with Crippen molar-refractivity contribution in [2.24, 2.45) is 4.99 Å². The predicted octanol–water partition coefficient (Wildman–Crippen LogP) is 2.85. The second kappa shape index (κ2) is 9.94. The molecular formula is C14H22IN3. The van der Waals surface area contributed by atoms with Gasteiger partial charge in [0.25, 0.3) is 0 Å². The number of aryl methyl sites for hydroxylation is 1. The minimum Gasteiger partial charge on any atom is -0.357 e. The van der Waals surface area contributed by atoms with E-state index in [0.29, 0.717) is 6.54 Å². The maximum Gasteiger partial charge on any atom is 0.191 e. The number of hydrogen-bond donors (Lipinski definition) is 2. The summed E-state index contributed by atoms with van der Waals surface area (Å²) in [5.41, 5.74) is 2.53. The van der Waals surface area contributed by atoms with Crippen molar-refractivity contribution in [3.63, 3.8) is 0 Å². The van der Waals surface area contributed by atoms with E-state index in [1.165, 1.54) is 11.1 Å². The Morgan fingerprint density at radius 1 is 1.33 bits per heavy atom. The lowest BCUT2D eigenvalue weighted by molar-refractivity contribution is 0.859. The van der Waals surface area contributed by atoms with Crippen LogP contribution in [0.2, 0.25) is 0 Å². The van der Waals surface area contributed by atoms with Crippen molar-refractivity contribution in [2.75, 3.05) is 13.1 Å². The van der Waals surface area contributed by atoms with E-state index in [9.17, 15) is 0 Å². The molecule has 0 heterocycles. The number of guanidine groups is 1. The number of aliphatic imine (C=N–C) groups is 1. The molecule has 0 bridgehead atoms. The zero-order valence-electron chi connectivity index (χ0n) is 11.1. The fraction of sp³-hybridized carbons (Fsp3) is 0.357. The molecule has 0 unspecified atom stereocenters. The Balaban J connectivity index is 0.00000289. The molecule has 0 atom stereocenters. The molecule has 0 radical (unpaired) electrons. The average molecular weight is 359 g/mol. The molecule has 0 aliphatic heterocycles. The third kappa shape index (κ3) is 6.05. The van der Waals surface area contributed by atoms with Crippen LogP contribution >= 0.6 is 24.0 Å². The molecule has 18 heavy (non-hydrogen) atoms. The second-order valence-electron chi connectivity index (χ2n) is 3.79. The minimum atomic E-state index is 0. The van der Waals surface area contributed by atoms with Gasteiger partial charge in [-0.25, -0.2) is 4.99 Å². The van der Waals surface area contributed by atoms with Gasteiger partial charge in [0.05, 0.1) is 6.54 Å². The lowest BCUT2D eigenvalue weighted by atomic mass is 10.1. The summed E-state index contributed by atoms with van der Waals surface area (Å²) < 4.78 is 0. The third-order valence-corrected chi connectivity index (χ3v) is 2.43. The Kier molecular flexibility index (Phi) is 9.36. The van der Waals surface area contributed by atoms with Crippen molar-refractivity contribution in [1.82, 2.24) is 10.6 Å². The zero-order chi connectivity index (χ0) is 12.5. The van der Waals surface area contributed by atoms with E-state index < -0.39 is 0 Å². The van der Waals surface area contributed by atoms with Crippen LogP contribution in [0.4, 0.5) is 0 Å². The summed E-state index contributed by atoms with van der Waals surface area (Å²) in [4.78, 5) is 4.53. The topological polar surface area (TPSA) is 36.4 Å². The molecule has 1 aromatic carbocycles. The van der Waals surface area contributed by atoms with E-state index in [4.69, 9.17) is 0 Å². The predicted molar refractivity (Wildman–Crippen MR) is 89.6 cm³/mol. The van der Waals surface area contributed by atoms with Gasteiger partial charge in [-0.2, -0.15) is 0 Å². The highest BCUT2D eigenvalue weighted by atomic mass is 127. The minimum absolute atomic E-state index is 0. The summed E-state index contributed by atoms with van der Waals surface area (Å²) >= 11 is 0. The molecule has 4 heteroatoms. The van der Waals surface area contributed by atoms with Crippen LogP contribution in [0.5, 0.6) is 0 Å². The van der Waals surface area contributed by atoms with E-state index in [1.54, 1.807) is 0 Å². The van der Waals surface area contributed by atoms with E-state index in [-0.39, 0.29) is 24.0 Å². The highest BCUT2D eigenvalue weighted by Gasteiger charge is 1.97. The first kappa shape index (κ1) is 17.0. The van der Waals surface area contributed by atoms with E-state index in [1.807, 2.05) is 18.2 Å². The van der Waals surface area contributed by atoms with Crippen molar-refractivity contribution in [3.05, 3.63) is 48.0 Å². The number of nitrogens with zero attached hydrogens (tertiary/aromatic N) is 1. The Hall–Kier alpha value is -1.04. The van der Waals surface area contributed by atoms with E-state index >= 15 is 0 Å². The molecule has 0 aliphatic carbocycles. The summed E-state index contributed by atoms with van der Waals surface area (Å²) in [5, 5.41) is 6.38. The molecular weight excluding hydrogens is 337 g/mol. The largest absolute Gasteiger partial charge is 0.357 e. The molecule has 100 valence electrons. The van der Waals surface area contributed by atoms with Crippen LogP contribution in [0.3, 0.4) is 0 Å². The average Bonchev–Trinajstić information content (AvgIpc) is 2.34. The first-order chi connectivity index (χ1) is 8.27. The SMILES string of the molecule is C=CCNC(=NCc1ccccc1C)NCC.I. The van der Waals surface area contributed by atoms with Crippen molar-refractivity contribution in [3.8, 4) is 0 Å². The van der Waals surface area contributed by atoms with Gasteiger partial charge in [0.1, 0.15) is 0 Å². The smallest absolute Gasteiger partial charge is 0.191 e. The molecule has 3 nitrogen and oxygen atoms in total. The lowest BCUT2D eigenvalue weighted by Crippen LogP contribution is -2.37. The van der Waals surface area contributed by atoms with Crippen LogP contribution in [0, 0.1) is 6.92 Å². The molecule has 0 saturated carbocycles. The van der Waals surface area contributed by atoms with Gasteiger partial charge in [-0.3, -0.25) is 0 Å². The lowest BCUT2D eigenvalue weighted by Gasteiger charge is -2.10. The van der Waals surface area contributed by atoms with Crippen molar-refractivity contribution >= 4 is 29.9 Å². The van der Waals surface area contributed by atoms with Gasteiger partial charge in [0, 0.05) is 13.1 Å². The van der Waals surface area contributed by atoms with E-state index in [0.717, 1.165) is 19.0 Å². The maximum absolute atomic E-state index is 4.53. The molecule has 2 N–H and O–H groups in total. The standard InChI is InChI=1S/C14H21N3.HI/c1-4-10-16-14(15-5-2)17-11-13-9-7-6-8-12(13)3;/h4,6-9H,1,5,10-11H2,2-3H3,(H2,15,16,17);1H. The van der Waals surface area contributed by atoms with Crippen molar-refractivity contribution < 1.29 is 0 Å². The van der Waals surface area contributed by atoms with Gasteiger partial charge in [0.2, 0.25) is 0 Å². The number of benzene rings is 1. The molecule has 1 aromatic rings. The molecule has 0 spiro atoms. The number of nitrogens with one attached hydrogen (secondary N) is 2. The quantitative estimate of drug-likeness (QED) is 0.367. The first-order valence-electron chi connectivity index (χ1n) is 5.95. The van der Waals surface area contributed by atoms with Crippen molar-refractivity contribution in [1.29, 1.82) is 0 Å². The van der Waals surface area contributed by atoms with Crippen LogP contribution in [-0.4, -0.2) is 19.0 Å². The van der Waals surface area contributed by atoms with Gasteiger partial charge in [0.15, 0.2) is 5.96 Å². The molecule has 0 fully saturated rings. The second-order valence-corrected chi connectivity index (χ2v) is 3.79. The van der Waals surface area contributed by atoms with Gasteiger partial charge < -0.3 is 10.6 Å². The number of rotatable bonds is 5. The van der Waals surface area contributed by atoms with Gasteiger partial charge in [-0.1, -0.05) is 30.3 Å². The van der Waals surface area contributed by atoms with Crippen molar-refractivity contribution in [2.45, 2.75) is 20.4 Å². The highest BCUT2D eigenvalue weighted by Crippen LogP contribution is 2.07. The van der Waals surface area contributed by atoms with Crippen LogP contribution in [0.1, 0.15) is 18.1 Å². The van der Waals surface area contributed by atoms with Gasteiger partial charge in [-0.05, 0) is 25.0 Å². The summed E-state index contributed by atoms with van der Waals surface area (Å²) in [7, 11) is 0. The van der Waals surface area contributed by atoms with E-state index in [2.05, 4.69) is 48.2 Å². The molecule has 1 rings (SSSR count). The zero-order valence-corrected chi connectivity index (χ0v) is 13.4. The summed E-state index contributed by atoms with van der Waals surface area (Å²) in [6.07, 6.45) is 1.82. The van der Waals surface area contributed by atoms with Gasteiger partial charge >= 0.3 is 0 Å². The van der Waals surface area contributed by atoms with Gasteiger partial charge in [-0.15, -0.1) is 30.6 Å². The fourth-order valence-electron chi connectivity index (χ4n) is 1.46. The third-order valence-electron chi connectivity index (χ3n) is 2.43. The highest BCUT2D eigenvalue weighted by molar-refractivity contribution is 14.0. The maximum atomic E-state index is 4.53. The monoisotopic (exact) mass is 359 g/mol. The van der Waals surface area contributed by atoms with Crippen LogP contribution in [0.15, 0.2) is 41.9 Å². The Bertz CT molecular complexity index is 388. The summed E-state index contributed by atoms with van der Waals surface area (Å²) in [5.74, 6) is 0.829. The Labute approximate surface area is 127 Å². The number of hydrogen-bond acceptors (Lipinski definition) is 1. The van der Waals surface area contributed by atoms with Crippen LogP contribution in [-0.2, 0) is 6.54 Å². The van der Waals surface area contributed by atoms with Crippen LogP contribution in [0.25, 0.3) is 0 Å². The Morgan fingerprint density at radius 2 is 2.06 bits per heavy atom.